The van der Waals surface area contributed by atoms with E-state index in [1.54, 1.807) is 23.1 Å². The molecule has 1 aromatic carbocycles. The summed E-state index contributed by atoms with van der Waals surface area (Å²) in [6.07, 6.45) is 3.13. The molecule has 0 bridgehead atoms. The van der Waals surface area contributed by atoms with Gasteiger partial charge >= 0.3 is 0 Å². The van der Waals surface area contributed by atoms with Crippen LogP contribution >= 0.6 is 0 Å². The fourth-order valence-corrected chi connectivity index (χ4v) is 1.87. The van der Waals surface area contributed by atoms with Gasteiger partial charge in [0.05, 0.1) is 17.9 Å². The number of benzene rings is 1. The molecule has 1 N–H and O–H groups in total. The fraction of sp³-hybridized carbons (Fsp3) is 0.0714. The van der Waals surface area contributed by atoms with Crippen molar-refractivity contribution in [2.45, 2.75) is 6.54 Å². The maximum Gasteiger partial charge on any atom is 0.203 e. The van der Waals surface area contributed by atoms with Crippen molar-refractivity contribution in [1.82, 2.24) is 14.8 Å². The van der Waals surface area contributed by atoms with Crippen LogP contribution in [0.3, 0.4) is 0 Å². The Balaban J connectivity index is 1.80. The molecule has 3 aromatic rings. The van der Waals surface area contributed by atoms with Gasteiger partial charge in [-0.25, -0.2) is 9.67 Å². The first-order chi connectivity index (χ1) is 9.86. The number of nitrogens with one attached hydrogen (secondary N) is 1. The van der Waals surface area contributed by atoms with E-state index in [4.69, 9.17) is 9.68 Å². The predicted molar refractivity (Wildman–Crippen MR) is 72.1 cm³/mol. The van der Waals surface area contributed by atoms with Gasteiger partial charge in [0.2, 0.25) is 5.76 Å². The molecule has 0 radical (unpaired) electrons. The van der Waals surface area contributed by atoms with E-state index in [9.17, 15) is 0 Å². The number of hydrogen-bond acceptors (Lipinski definition) is 5. The quantitative estimate of drug-likeness (QED) is 0.783. The Labute approximate surface area is 115 Å². The van der Waals surface area contributed by atoms with E-state index >= 15 is 0 Å². The Morgan fingerprint density at radius 1 is 1.25 bits per heavy atom. The van der Waals surface area contributed by atoms with Crippen LogP contribution in [0.5, 0.6) is 0 Å². The van der Waals surface area contributed by atoms with Gasteiger partial charge < -0.3 is 9.73 Å². The standard InChI is InChI=1S/C14H11N5O/c15-7-11-5-6-12(20-11)8-17-13-3-1-2-4-14(13)19-10-16-9-18-19/h1-6,9-10,17H,8H2. The summed E-state index contributed by atoms with van der Waals surface area (Å²) in [5.74, 6) is 1.02. The number of nitriles is 1. The van der Waals surface area contributed by atoms with E-state index < -0.39 is 0 Å². The highest BCUT2D eigenvalue weighted by Gasteiger charge is 2.06. The first kappa shape index (κ1) is 12.0. The highest BCUT2D eigenvalue weighted by Crippen LogP contribution is 2.19. The summed E-state index contributed by atoms with van der Waals surface area (Å²) in [7, 11) is 0. The summed E-state index contributed by atoms with van der Waals surface area (Å²) in [6, 6.07) is 13.2. The molecule has 6 nitrogen and oxygen atoms in total. The van der Waals surface area contributed by atoms with E-state index in [-0.39, 0.29) is 0 Å². The van der Waals surface area contributed by atoms with Gasteiger partial charge in [0.15, 0.2) is 0 Å². The van der Waals surface area contributed by atoms with Crippen molar-refractivity contribution < 1.29 is 4.42 Å². The molecule has 3 rings (SSSR count). The molecule has 0 atom stereocenters. The van der Waals surface area contributed by atoms with Crippen LogP contribution in [0, 0.1) is 11.3 Å². The number of aromatic nitrogens is 3. The van der Waals surface area contributed by atoms with E-state index in [1.807, 2.05) is 30.3 Å². The predicted octanol–water partition coefficient (Wildman–Crippen LogP) is 2.34. The summed E-state index contributed by atoms with van der Waals surface area (Å²) in [6.45, 7) is 0.493. The molecule has 6 heteroatoms. The number of nitrogens with zero attached hydrogens (tertiary/aromatic N) is 4. The zero-order valence-corrected chi connectivity index (χ0v) is 10.5. The Morgan fingerprint density at radius 3 is 2.90 bits per heavy atom. The minimum atomic E-state index is 0.311. The van der Waals surface area contributed by atoms with Gasteiger partial charge in [-0.15, -0.1) is 0 Å². The molecule has 2 heterocycles. The monoisotopic (exact) mass is 265 g/mol. The SMILES string of the molecule is N#Cc1ccc(CNc2ccccc2-n2cncn2)o1. The van der Waals surface area contributed by atoms with Crippen LogP contribution in [0.1, 0.15) is 11.5 Å². The topological polar surface area (TPSA) is 79.7 Å². The van der Waals surface area contributed by atoms with Crippen molar-refractivity contribution in [3.8, 4) is 11.8 Å². The molecule has 2 aromatic heterocycles. The largest absolute Gasteiger partial charge is 0.449 e. The van der Waals surface area contributed by atoms with Crippen molar-refractivity contribution in [3.63, 3.8) is 0 Å². The van der Waals surface area contributed by atoms with Gasteiger partial charge in [0, 0.05) is 0 Å². The van der Waals surface area contributed by atoms with Crippen molar-refractivity contribution in [3.05, 3.63) is 60.6 Å². The molecular formula is C14H11N5O. The molecule has 0 aliphatic rings. The smallest absolute Gasteiger partial charge is 0.203 e. The average Bonchev–Trinajstić information content (AvgIpc) is 3.17. The summed E-state index contributed by atoms with van der Waals surface area (Å²) in [5, 5.41) is 16.1. The molecule has 0 amide bonds. The molecule has 0 saturated carbocycles. The first-order valence-electron chi connectivity index (χ1n) is 6.03. The Hall–Kier alpha value is -3.07. The third-order valence-electron chi connectivity index (χ3n) is 2.79. The minimum absolute atomic E-state index is 0.311. The van der Waals surface area contributed by atoms with E-state index in [1.165, 1.54) is 6.33 Å². The molecule has 98 valence electrons. The number of hydrogen-bond donors (Lipinski definition) is 1. The van der Waals surface area contributed by atoms with Crippen LogP contribution in [0.4, 0.5) is 5.69 Å². The maximum absolute atomic E-state index is 8.72. The van der Waals surface area contributed by atoms with E-state index in [2.05, 4.69) is 15.4 Å². The maximum atomic E-state index is 8.72. The zero-order valence-electron chi connectivity index (χ0n) is 10.5. The fourth-order valence-electron chi connectivity index (χ4n) is 1.87. The second kappa shape index (κ2) is 5.28. The molecule has 0 aliphatic carbocycles. The van der Waals surface area contributed by atoms with Crippen LogP contribution in [0.15, 0.2) is 53.5 Å². The normalized spacial score (nSPS) is 10.2. The number of anilines is 1. The second-order valence-electron chi connectivity index (χ2n) is 4.09. The van der Waals surface area contributed by atoms with Crippen LogP contribution in [-0.4, -0.2) is 14.8 Å². The first-order valence-corrected chi connectivity index (χ1v) is 6.03. The Bertz CT molecular complexity index is 739. The minimum Gasteiger partial charge on any atom is -0.449 e. The number of rotatable bonds is 4. The summed E-state index contributed by atoms with van der Waals surface area (Å²) >= 11 is 0. The highest BCUT2D eigenvalue weighted by molar-refractivity contribution is 5.60. The van der Waals surface area contributed by atoms with Crippen LogP contribution in [0.2, 0.25) is 0 Å². The summed E-state index contributed by atoms with van der Waals surface area (Å²) in [5.41, 5.74) is 1.81. The molecule has 0 aliphatic heterocycles. The van der Waals surface area contributed by atoms with Crippen molar-refractivity contribution in [2.75, 3.05) is 5.32 Å². The van der Waals surface area contributed by atoms with E-state index in [0.29, 0.717) is 18.1 Å². The summed E-state index contributed by atoms with van der Waals surface area (Å²) in [4.78, 5) is 3.94. The third-order valence-corrected chi connectivity index (χ3v) is 2.79. The lowest BCUT2D eigenvalue weighted by Crippen LogP contribution is -2.04. The number of para-hydroxylation sites is 2. The van der Waals surface area contributed by atoms with Crippen molar-refractivity contribution in [2.24, 2.45) is 0 Å². The Kier molecular flexibility index (Phi) is 3.17. The molecule has 0 saturated heterocycles. The van der Waals surface area contributed by atoms with Crippen molar-refractivity contribution in [1.29, 1.82) is 5.26 Å². The van der Waals surface area contributed by atoms with E-state index in [0.717, 1.165) is 11.4 Å². The van der Waals surface area contributed by atoms with Crippen LogP contribution in [0.25, 0.3) is 5.69 Å². The zero-order chi connectivity index (χ0) is 13.8. The van der Waals surface area contributed by atoms with Crippen molar-refractivity contribution >= 4 is 5.69 Å². The Morgan fingerprint density at radius 2 is 2.15 bits per heavy atom. The highest BCUT2D eigenvalue weighted by atomic mass is 16.3. The lowest BCUT2D eigenvalue weighted by atomic mass is 10.2. The van der Waals surface area contributed by atoms with Crippen LogP contribution < -0.4 is 5.32 Å². The second-order valence-corrected chi connectivity index (χ2v) is 4.09. The molecule has 20 heavy (non-hydrogen) atoms. The van der Waals surface area contributed by atoms with Crippen LogP contribution in [-0.2, 0) is 6.54 Å². The van der Waals surface area contributed by atoms with Gasteiger partial charge in [-0.3, -0.25) is 0 Å². The van der Waals surface area contributed by atoms with Gasteiger partial charge in [-0.05, 0) is 24.3 Å². The van der Waals surface area contributed by atoms with Gasteiger partial charge in [0.25, 0.3) is 0 Å². The van der Waals surface area contributed by atoms with Gasteiger partial charge in [0.1, 0.15) is 24.5 Å². The molecule has 0 spiro atoms. The number of furan rings is 1. The van der Waals surface area contributed by atoms with Gasteiger partial charge in [-0.2, -0.15) is 10.4 Å². The van der Waals surface area contributed by atoms with Gasteiger partial charge in [-0.1, -0.05) is 12.1 Å². The lowest BCUT2D eigenvalue weighted by molar-refractivity contribution is 0.506. The molecule has 0 fully saturated rings. The lowest BCUT2D eigenvalue weighted by Gasteiger charge is -2.10. The summed E-state index contributed by atoms with van der Waals surface area (Å²) < 4.78 is 7.01. The average molecular weight is 265 g/mol. The molecular weight excluding hydrogens is 254 g/mol. The molecule has 0 unspecified atom stereocenters. The third kappa shape index (κ3) is 2.37.